The number of rotatable bonds is 4. The molecule has 0 aromatic heterocycles. The number of ketones is 1. The second-order valence-corrected chi connectivity index (χ2v) is 4.80. The Morgan fingerprint density at radius 3 is 2.31 bits per heavy atom. The van der Waals surface area contributed by atoms with E-state index in [1.807, 2.05) is 13.8 Å². The smallest absolute Gasteiger partial charge is 0.146 e. The Balaban J connectivity index is 0.00000106. The fourth-order valence-corrected chi connectivity index (χ4v) is 2.12. The summed E-state index contributed by atoms with van der Waals surface area (Å²) in [6, 6.07) is 0.368. The van der Waals surface area contributed by atoms with Gasteiger partial charge in [0.15, 0.2) is 0 Å². The van der Waals surface area contributed by atoms with Crippen LogP contribution < -0.4 is 5.73 Å². The summed E-state index contributed by atoms with van der Waals surface area (Å²) in [6.45, 7) is 11.9. The van der Waals surface area contributed by atoms with E-state index < -0.39 is 0 Å². The minimum absolute atomic E-state index is 0.101. The lowest BCUT2D eigenvalue weighted by atomic mass is 10.00. The molecule has 2 unspecified atom stereocenters. The van der Waals surface area contributed by atoms with Gasteiger partial charge >= 0.3 is 0 Å². The largest absolute Gasteiger partial charge is 0.326 e. The van der Waals surface area contributed by atoms with Gasteiger partial charge in [0.25, 0.3) is 0 Å². The summed E-state index contributed by atoms with van der Waals surface area (Å²) >= 11 is 0. The summed E-state index contributed by atoms with van der Waals surface area (Å²) in [5.74, 6) is 0.855. The number of carbonyl (C=O) groups is 1. The lowest BCUT2D eigenvalue weighted by Gasteiger charge is -2.26. The quantitative estimate of drug-likeness (QED) is 0.801. The molecule has 0 saturated carbocycles. The molecule has 1 heterocycles. The van der Waals surface area contributed by atoms with Crippen LogP contribution in [0.3, 0.4) is 0 Å². The molecule has 3 nitrogen and oxygen atoms in total. The van der Waals surface area contributed by atoms with Gasteiger partial charge in [-0.1, -0.05) is 27.7 Å². The third-order valence-corrected chi connectivity index (χ3v) is 2.86. The maximum absolute atomic E-state index is 11.5. The highest BCUT2D eigenvalue weighted by Gasteiger charge is 2.29. The Kier molecular flexibility index (Phi) is 7.60. The van der Waals surface area contributed by atoms with Crippen LogP contribution in [0, 0.1) is 5.92 Å². The maximum atomic E-state index is 11.5. The zero-order chi connectivity index (χ0) is 12.7. The summed E-state index contributed by atoms with van der Waals surface area (Å²) in [5, 5.41) is 0. The molecule has 0 radical (unpaired) electrons. The van der Waals surface area contributed by atoms with Gasteiger partial charge in [0.05, 0.1) is 6.04 Å². The summed E-state index contributed by atoms with van der Waals surface area (Å²) in [4.78, 5) is 13.7. The van der Waals surface area contributed by atoms with E-state index in [0.717, 1.165) is 25.9 Å². The number of likely N-dealkylation sites (tertiary alicyclic amines) is 1. The van der Waals surface area contributed by atoms with Crippen LogP contribution in [0.1, 0.15) is 47.5 Å². The van der Waals surface area contributed by atoms with Crippen molar-refractivity contribution in [2.24, 2.45) is 11.7 Å². The van der Waals surface area contributed by atoms with Crippen LogP contribution in [0.2, 0.25) is 0 Å². The Morgan fingerprint density at radius 1 is 1.44 bits per heavy atom. The normalized spacial score (nSPS) is 22.8. The van der Waals surface area contributed by atoms with Gasteiger partial charge in [0, 0.05) is 19.1 Å². The molecule has 2 atom stereocenters. The fraction of sp³-hybridized carbons (Fsp3) is 0.923. The average Bonchev–Trinajstić information content (AvgIpc) is 2.63. The third kappa shape index (κ3) is 5.08. The lowest BCUT2D eigenvalue weighted by molar-refractivity contribution is -0.122. The highest BCUT2D eigenvalue weighted by Crippen LogP contribution is 2.17. The Bertz CT molecular complexity index is 204. The maximum Gasteiger partial charge on any atom is 0.146 e. The number of nitrogens with zero attached hydrogens (tertiary/aromatic N) is 1. The first-order valence-corrected chi connectivity index (χ1v) is 6.50. The number of carbonyl (C=O) groups excluding carboxylic acids is 1. The molecular formula is C13H28N2O. The molecule has 96 valence electrons. The van der Waals surface area contributed by atoms with Crippen molar-refractivity contribution in [3.8, 4) is 0 Å². The van der Waals surface area contributed by atoms with Crippen molar-refractivity contribution in [2.75, 3.05) is 13.1 Å². The van der Waals surface area contributed by atoms with Crippen LogP contribution in [0.5, 0.6) is 0 Å². The topological polar surface area (TPSA) is 46.3 Å². The zero-order valence-electron chi connectivity index (χ0n) is 11.5. The van der Waals surface area contributed by atoms with Gasteiger partial charge in [-0.05, 0) is 25.7 Å². The first-order valence-electron chi connectivity index (χ1n) is 6.50. The van der Waals surface area contributed by atoms with Crippen molar-refractivity contribution < 1.29 is 4.79 Å². The van der Waals surface area contributed by atoms with Gasteiger partial charge in [-0.25, -0.2) is 0 Å². The number of hydrogen-bond donors (Lipinski definition) is 1. The van der Waals surface area contributed by atoms with Crippen LogP contribution in [0.25, 0.3) is 0 Å². The van der Waals surface area contributed by atoms with Crippen LogP contribution >= 0.6 is 0 Å². The highest BCUT2D eigenvalue weighted by molar-refractivity contribution is 5.81. The van der Waals surface area contributed by atoms with E-state index in [1.54, 1.807) is 6.92 Å². The molecule has 1 rings (SSSR count). The van der Waals surface area contributed by atoms with Crippen LogP contribution in [-0.4, -0.2) is 35.9 Å². The Hall–Kier alpha value is -0.410. The standard InChI is InChI=1S/C11H22N2O.C2H6/c1-8(2)6-11(9(3)14)13-5-4-10(12)7-13;1-2/h8,10-11H,4-7,12H2,1-3H3;1-2H3. The third-order valence-electron chi connectivity index (χ3n) is 2.86. The zero-order valence-corrected chi connectivity index (χ0v) is 11.5. The van der Waals surface area contributed by atoms with E-state index in [4.69, 9.17) is 5.73 Å². The minimum atomic E-state index is 0.101. The average molecular weight is 228 g/mol. The second kappa shape index (κ2) is 7.80. The Morgan fingerprint density at radius 2 is 2.00 bits per heavy atom. The summed E-state index contributed by atoms with van der Waals surface area (Å²) < 4.78 is 0. The molecule has 1 saturated heterocycles. The molecule has 3 heteroatoms. The van der Waals surface area contributed by atoms with Crippen LogP contribution in [0.15, 0.2) is 0 Å². The molecular weight excluding hydrogens is 200 g/mol. The molecule has 1 fully saturated rings. The molecule has 0 aromatic carbocycles. The minimum Gasteiger partial charge on any atom is -0.326 e. The molecule has 0 aromatic rings. The van der Waals surface area contributed by atoms with E-state index >= 15 is 0 Å². The SMILES string of the molecule is CC.CC(=O)C(CC(C)C)N1CCC(N)C1. The van der Waals surface area contributed by atoms with Gasteiger partial charge < -0.3 is 5.73 Å². The van der Waals surface area contributed by atoms with E-state index in [-0.39, 0.29) is 17.9 Å². The predicted octanol–water partition coefficient (Wildman–Crippen LogP) is 2.05. The molecule has 0 bridgehead atoms. The van der Waals surface area contributed by atoms with E-state index in [2.05, 4.69) is 18.7 Å². The fourth-order valence-electron chi connectivity index (χ4n) is 2.12. The first kappa shape index (κ1) is 15.6. The molecule has 16 heavy (non-hydrogen) atoms. The van der Waals surface area contributed by atoms with E-state index in [0.29, 0.717) is 5.92 Å². The second-order valence-electron chi connectivity index (χ2n) is 4.80. The summed E-state index contributed by atoms with van der Waals surface area (Å²) in [5.41, 5.74) is 5.84. The van der Waals surface area contributed by atoms with Crippen LogP contribution in [0.4, 0.5) is 0 Å². The predicted molar refractivity (Wildman–Crippen MR) is 69.4 cm³/mol. The van der Waals surface area contributed by atoms with Crippen molar-refractivity contribution in [3.63, 3.8) is 0 Å². The molecule has 0 aliphatic carbocycles. The van der Waals surface area contributed by atoms with Gasteiger partial charge in [-0.2, -0.15) is 0 Å². The van der Waals surface area contributed by atoms with Crippen LogP contribution in [-0.2, 0) is 4.79 Å². The van der Waals surface area contributed by atoms with E-state index in [9.17, 15) is 4.79 Å². The van der Waals surface area contributed by atoms with E-state index in [1.165, 1.54) is 0 Å². The Labute approximate surface area is 100 Å². The lowest BCUT2D eigenvalue weighted by Crippen LogP contribution is -2.40. The number of nitrogens with two attached hydrogens (primary N) is 1. The van der Waals surface area contributed by atoms with Gasteiger partial charge in [0.1, 0.15) is 5.78 Å². The molecule has 0 spiro atoms. The monoisotopic (exact) mass is 228 g/mol. The highest BCUT2D eigenvalue weighted by atomic mass is 16.1. The van der Waals surface area contributed by atoms with Crippen molar-refractivity contribution in [3.05, 3.63) is 0 Å². The number of Topliss-reactive ketones (excluding diaryl/α,β-unsaturated/α-hetero) is 1. The first-order chi connectivity index (χ1) is 7.50. The van der Waals surface area contributed by atoms with Crippen molar-refractivity contribution in [2.45, 2.75) is 59.5 Å². The molecule has 1 aliphatic rings. The van der Waals surface area contributed by atoms with Crippen molar-refractivity contribution >= 4 is 5.78 Å². The number of hydrogen-bond acceptors (Lipinski definition) is 3. The summed E-state index contributed by atoms with van der Waals surface area (Å²) in [7, 11) is 0. The molecule has 0 amide bonds. The van der Waals surface area contributed by atoms with Crippen molar-refractivity contribution in [1.29, 1.82) is 0 Å². The molecule has 2 N–H and O–H groups in total. The molecule has 1 aliphatic heterocycles. The van der Waals surface area contributed by atoms with Crippen molar-refractivity contribution in [1.82, 2.24) is 4.90 Å². The van der Waals surface area contributed by atoms with Gasteiger partial charge in [0.2, 0.25) is 0 Å². The summed E-state index contributed by atoms with van der Waals surface area (Å²) in [6.07, 6.45) is 1.99. The van der Waals surface area contributed by atoms with Gasteiger partial charge in [-0.15, -0.1) is 0 Å². The van der Waals surface area contributed by atoms with Gasteiger partial charge in [-0.3, -0.25) is 9.69 Å².